The van der Waals surface area contributed by atoms with Gasteiger partial charge in [-0.25, -0.2) is 0 Å². The van der Waals surface area contributed by atoms with Gasteiger partial charge in [-0.1, -0.05) is 6.42 Å². The highest BCUT2D eigenvalue weighted by Gasteiger charge is 2.52. The molecule has 1 heterocycles. The van der Waals surface area contributed by atoms with Gasteiger partial charge in [0.25, 0.3) is 0 Å². The van der Waals surface area contributed by atoms with E-state index >= 15 is 0 Å². The normalized spacial score (nSPS) is 38.3. The van der Waals surface area contributed by atoms with E-state index in [9.17, 15) is 4.79 Å². The molecule has 3 aliphatic rings. The van der Waals surface area contributed by atoms with Gasteiger partial charge in [0.05, 0.1) is 5.41 Å². The molecule has 0 bridgehead atoms. The molecule has 1 saturated heterocycles. The smallest absolute Gasteiger partial charge is 0.228 e. The molecule has 3 fully saturated rings. The molecule has 0 aromatic rings. The Hall–Kier alpha value is -0.280. The second-order valence-electron chi connectivity index (χ2n) is 5.12. The van der Waals surface area contributed by atoms with Gasteiger partial charge in [0, 0.05) is 12.6 Å². The van der Waals surface area contributed by atoms with Crippen LogP contribution in [-0.2, 0) is 4.79 Å². The fourth-order valence-corrected chi connectivity index (χ4v) is 3.08. The number of fused-ring (bicyclic) bond motifs is 1. The number of hydrogen-bond acceptors (Lipinski definition) is 2. The molecule has 1 amide bonds. The molecule has 2 atom stereocenters. The van der Waals surface area contributed by atoms with Crippen molar-refractivity contribution in [3.05, 3.63) is 0 Å². The summed E-state index contributed by atoms with van der Waals surface area (Å²) < 4.78 is 0. The minimum Gasteiger partial charge on any atom is -0.353 e. The monoisotopic (exact) mass is 230 g/mol. The van der Waals surface area contributed by atoms with Crippen LogP contribution in [0.15, 0.2) is 0 Å². The highest BCUT2D eigenvalue weighted by Crippen LogP contribution is 2.46. The maximum absolute atomic E-state index is 12.1. The zero-order valence-electron chi connectivity index (χ0n) is 8.92. The molecule has 0 aromatic carbocycles. The maximum Gasteiger partial charge on any atom is 0.228 e. The minimum absolute atomic E-state index is 0. The van der Waals surface area contributed by atoms with Gasteiger partial charge in [0.2, 0.25) is 5.91 Å². The van der Waals surface area contributed by atoms with E-state index in [2.05, 4.69) is 10.6 Å². The molecule has 2 saturated carbocycles. The Balaban J connectivity index is 0.000000853. The van der Waals surface area contributed by atoms with E-state index in [1.165, 1.54) is 25.7 Å². The first-order chi connectivity index (χ1) is 6.81. The Labute approximate surface area is 96.8 Å². The zero-order valence-corrected chi connectivity index (χ0v) is 9.74. The van der Waals surface area contributed by atoms with E-state index in [1.54, 1.807) is 0 Å². The van der Waals surface area contributed by atoms with Crippen LogP contribution in [0, 0.1) is 11.3 Å². The molecule has 0 unspecified atom stereocenters. The van der Waals surface area contributed by atoms with Crippen LogP contribution in [0.3, 0.4) is 0 Å². The third kappa shape index (κ3) is 1.76. The first-order valence-electron chi connectivity index (χ1n) is 5.83. The predicted molar refractivity (Wildman–Crippen MR) is 61.1 cm³/mol. The van der Waals surface area contributed by atoms with E-state index in [1.807, 2.05) is 0 Å². The lowest BCUT2D eigenvalue weighted by Crippen LogP contribution is -2.44. The topological polar surface area (TPSA) is 41.1 Å². The summed E-state index contributed by atoms with van der Waals surface area (Å²) >= 11 is 0. The Kier molecular flexibility index (Phi) is 2.95. The van der Waals surface area contributed by atoms with Gasteiger partial charge in [-0.3, -0.25) is 4.79 Å². The number of carbonyl (C=O) groups is 1. The van der Waals surface area contributed by atoms with Crippen LogP contribution in [0.5, 0.6) is 0 Å². The van der Waals surface area contributed by atoms with Crippen molar-refractivity contribution in [2.24, 2.45) is 11.3 Å². The van der Waals surface area contributed by atoms with E-state index in [-0.39, 0.29) is 17.8 Å². The summed E-state index contributed by atoms with van der Waals surface area (Å²) in [4.78, 5) is 12.1. The molecule has 0 spiro atoms. The van der Waals surface area contributed by atoms with Gasteiger partial charge in [0.1, 0.15) is 0 Å². The van der Waals surface area contributed by atoms with Crippen molar-refractivity contribution in [1.29, 1.82) is 0 Å². The summed E-state index contributed by atoms with van der Waals surface area (Å²) in [5.41, 5.74) is -0.0252. The second kappa shape index (κ2) is 3.95. The number of nitrogens with one attached hydrogen (secondary N) is 2. The third-order valence-electron chi connectivity index (χ3n) is 4.15. The number of hydrogen-bond donors (Lipinski definition) is 2. The number of carbonyl (C=O) groups excluding carboxylic acids is 1. The predicted octanol–water partition coefficient (Wildman–Crippen LogP) is 1.08. The summed E-state index contributed by atoms with van der Waals surface area (Å²) in [5, 5.41) is 6.56. The first-order valence-corrected chi connectivity index (χ1v) is 5.83. The Morgan fingerprint density at radius 2 is 2.13 bits per heavy atom. The van der Waals surface area contributed by atoms with Crippen LogP contribution >= 0.6 is 12.4 Å². The SMILES string of the molecule is Cl.O=C(NC1CC1)[C@@]12CCC[C@@H]1CNC2. The second-order valence-corrected chi connectivity index (χ2v) is 5.12. The Bertz CT molecular complexity index is 255. The highest BCUT2D eigenvalue weighted by molar-refractivity contribution is 5.85. The van der Waals surface area contributed by atoms with Gasteiger partial charge in [-0.15, -0.1) is 12.4 Å². The van der Waals surface area contributed by atoms with Gasteiger partial charge in [-0.2, -0.15) is 0 Å². The summed E-state index contributed by atoms with van der Waals surface area (Å²) in [6, 6.07) is 0.513. The van der Waals surface area contributed by atoms with Crippen LogP contribution in [-0.4, -0.2) is 25.0 Å². The molecule has 0 aromatic heterocycles. The van der Waals surface area contributed by atoms with Crippen molar-refractivity contribution in [2.75, 3.05) is 13.1 Å². The lowest BCUT2D eigenvalue weighted by molar-refractivity contribution is -0.131. The minimum atomic E-state index is -0.0252. The maximum atomic E-state index is 12.1. The summed E-state index contributed by atoms with van der Waals surface area (Å²) in [7, 11) is 0. The van der Waals surface area contributed by atoms with Crippen LogP contribution in [0.1, 0.15) is 32.1 Å². The molecule has 15 heavy (non-hydrogen) atoms. The average molecular weight is 231 g/mol. The van der Waals surface area contributed by atoms with E-state index in [4.69, 9.17) is 0 Å². The van der Waals surface area contributed by atoms with Crippen molar-refractivity contribution >= 4 is 18.3 Å². The molecular weight excluding hydrogens is 212 g/mol. The molecular formula is C11H19ClN2O. The average Bonchev–Trinajstić information content (AvgIpc) is 2.75. The van der Waals surface area contributed by atoms with Crippen molar-refractivity contribution < 1.29 is 4.79 Å². The van der Waals surface area contributed by atoms with Gasteiger partial charge >= 0.3 is 0 Å². The Morgan fingerprint density at radius 3 is 2.87 bits per heavy atom. The molecule has 3 rings (SSSR count). The first kappa shape index (κ1) is 11.2. The van der Waals surface area contributed by atoms with Crippen molar-refractivity contribution in [1.82, 2.24) is 10.6 Å². The number of amides is 1. The van der Waals surface area contributed by atoms with Gasteiger partial charge in [-0.05, 0) is 38.1 Å². The fourth-order valence-electron chi connectivity index (χ4n) is 3.08. The van der Waals surface area contributed by atoms with Gasteiger partial charge < -0.3 is 10.6 Å². The van der Waals surface area contributed by atoms with Crippen LogP contribution < -0.4 is 10.6 Å². The molecule has 2 N–H and O–H groups in total. The van der Waals surface area contributed by atoms with Crippen molar-refractivity contribution in [3.63, 3.8) is 0 Å². The fraction of sp³-hybridized carbons (Fsp3) is 0.909. The summed E-state index contributed by atoms with van der Waals surface area (Å²) in [6.45, 7) is 1.97. The molecule has 0 radical (unpaired) electrons. The number of halogens is 1. The van der Waals surface area contributed by atoms with Gasteiger partial charge in [0.15, 0.2) is 0 Å². The lowest BCUT2D eigenvalue weighted by atomic mass is 9.80. The third-order valence-corrected chi connectivity index (χ3v) is 4.15. The quantitative estimate of drug-likeness (QED) is 0.746. The van der Waals surface area contributed by atoms with Crippen LogP contribution in [0.25, 0.3) is 0 Å². The lowest BCUT2D eigenvalue weighted by Gasteiger charge is -2.26. The van der Waals surface area contributed by atoms with E-state index in [0.29, 0.717) is 17.9 Å². The molecule has 4 heteroatoms. The summed E-state index contributed by atoms with van der Waals surface area (Å²) in [5.74, 6) is 0.953. The van der Waals surface area contributed by atoms with Crippen LogP contribution in [0.2, 0.25) is 0 Å². The van der Waals surface area contributed by atoms with Crippen molar-refractivity contribution in [2.45, 2.75) is 38.1 Å². The molecule has 3 nitrogen and oxygen atoms in total. The Morgan fingerprint density at radius 1 is 1.33 bits per heavy atom. The highest BCUT2D eigenvalue weighted by atomic mass is 35.5. The largest absolute Gasteiger partial charge is 0.353 e. The zero-order chi connectivity index (χ0) is 9.60. The van der Waals surface area contributed by atoms with Crippen LogP contribution in [0.4, 0.5) is 0 Å². The van der Waals surface area contributed by atoms with E-state index in [0.717, 1.165) is 19.5 Å². The van der Waals surface area contributed by atoms with Crippen molar-refractivity contribution in [3.8, 4) is 0 Å². The molecule has 1 aliphatic heterocycles. The standard InChI is InChI=1S/C11H18N2O.ClH/c14-10(13-9-3-4-9)11-5-1-2-8(11)6-12-7-11;/h8-9,12H,1-7H2,(H,13,14);1H/t8-,11-;/m1./s1. The van der Waals surface area contributed by atoms with E-state index < -0.39 is 0 Å². The molecule has 86 valence electrons. The summed E-state index contributed by atoms with van der Waals surface area (Å²) in [6.07, 6.45) is 5.97. The number of rotatable bonds is 2. The molecule has 2 aliphatic carbocycles.